The number of anilines is 2. The van der Waals surface area contributed by atoms with Crippen molar-refractivity contribution >= 4 is 29.3 Å². The van der Waals surface area contributed by atoms with E-state index in [2.05, 4.69) is 29.3 Å². The van der Waals surface area contributed by atoms with Crippen LogP contribution in [0.15, 0.2) is 24.3 Å². The lowest BCUT2D eigenvalue weighted by Gasteiger charge is -2.28. The Labute approximate surface area is 163 Å². The van der Waals surface area contributed by atoms with Gasteiger partial charge in [-0.2, -0.15) is 0 Å². The van der Waals surface area contributed by atoms with E-state index in [1.54, 1.807) is 0 Å². The summed E-state index contributed by atoms with van der Waals surface area (Å²) in [4.78, 5) is 24.9. The lowest BCUT2D eigenvalue weighted by molar-refractivity contribution is -0.124. The van der Waals surface area contributed by atoms with Gasteiger partial charge in [-0.1, -0.05) is 64.0 Å². The van der Waals surface area contributed by atoms with Gasteiger partial charge in [0, 0.05) is 24.5 Å². The van der Waals surface area contributed by atoms with E-state index >= 15 is 0 Å². The van der Waals surface area contributed by atoms with E-state index in [9.17, 15) is 9.59 Å². The average Bonchev–Trinajstić information content (AvgIpc) is 2.63. The van der Waals surface area contributed by atoms with Crippen LogP contribution in [0.25, 0.3) is 6.08 Å². The van der Waals surface area contributed by atoms with Crippen molar-refractivity contribution < 1.29 is 9.59 Å². The number of rotatable bonds is 12. The zero-order valence-corrected chi connectivity index (χ0v) is 16.5. The molecular formula is C22H33N3O2. The molecule has 1 heterocycles. The molecule has 2 amide bonds. The summed E-state index contributed by atoms with van der Waals surface area (Å²) in [6.45, 7) is 4.24. The highest BCUT2D eigenvalue weighted by molar-refractivity contribution is 6.03. The fraction of sp³-hybridized carbons (Fsp3) is 0.545. The molecule has 0 unspecified atom stereocenters. The van der Waals surface area contributed by atoms with Gasteiger partial charge in [0.2, 0.25) is 11.8 Å². The molecule has 0 bridgehead atoms. The second kappa shape index (κ2) is 11.4. The minimum absolute atomic E-state index is 0.294. The monoisotopic (exact) mass is 371 g/mol. The molecule has 1 aliphatic heterocycles. The highest BCUT2D eigenvalue weighted by atomic mass is 16.2. The number of primary amides is 1. The fourth-order valence-corrected chi connectivity index (χ4v) is 3.47. The van der Waals surface area contributed by atoms with E-state index in [1.165, 1.54) is 57.1 Å². The Morgan fingerprint density at radius 1 is 1.07 bits per heavy atom. The maximum Gasteiger partial charge on any atom is 0.233 e. The maximum atomic E-state index is 11.7. The normalized spacial score (nSPS) is 12.7. The zero-order chi connectivity index (χ0) is 19.5. The Morgan fingerprint density at radius 2 is 1.78 bits per heavy atom. The van der Waals surface area contributed by atoms with E-state index in [1.807, 2.05) is 18.2 Å². The van der Waals surface area contributed by atoms with Crippen LogP contribution in [0.5, 0.6) is 0 Å². The number of benzene rings is 1. The van der Waals surface area contributed by atoms with Gasteiger partial charge in [-0.15, -0.1) is 0 Å². The van der Waals surface area contributed by atoms with Gasteiger partial charge < -0.3 is 16.0 Å². The number of hydrogen-bond acceptors (Lipinski definition) is 3. The molecular weight excluding hydrogens is 338 g/mol. The zero-order valence-electron chi connectivity index (χ0n) is 16.5. The molecule has 0 fully saturated rings. The van der Waals surface area contributed by atoms with Crippen molar-refractivity contribution in [2.24, 2.45) is 5.73 Å². The quantitative estimate of drug-likeness (QED) is 0.420. The number of fused-ring (bicyclic) bond motifs is 1. The number of nitrogens with zero attached hydrogens (tertiary/aromatic N) is 1. The van der Waals surface area contributed by atoms with Gasteiger partial charge in [0.05, 0.1) is 0 Å². The second-order valence-electron chi connectivity index (χ2n) is 7.29. The third kappa shape index (κ3) is 7.45. The number of hydrogen-bond donors (Lipinski definition) is 2. The van der Waals surface area contributed by atoms with E-state index in [0.29, 0.717) is 5.69 Å². The fourth-order valence-electron chi connectivity index (χ4n) is 3.47. The first-order chi connectivity index (χ1) is 13.1. The van der Waals surface area contributed by atoms with Crippen LogP contribution in [0.2, 0.25) is 0 Å². The molecule has 0 atom stereocenters. The molecule has 2 rings (SSSR count). The summed E-state index contributed by atoms with van der Waals surface area (Å²) in [6.07, 6.45) is 14.5. The summed E-state index contributed by atoms with van der Waals surface area (Å²) in [5.41, 5.74) is 8.05. The van der Waals surface area contributed by atoms with Crippen molar-refractivity contribution in [2.45, 2.75) is 64.7 Å². The molecule has 0 aliphatic carbocycles. The predicted octanol–water partition coefficient (Wildman–Crippen LogP) is 4.47. The highest BCUT2D eigenvalue weighted by Crippen LogP contribution is 2.29. The van der Waals surface area contributed by atoms with Gasteiger partial charge in [-0.05, 0) is 30.2 Å². The summed E-state index contributed by atoms with van der Waals surface area (Å²) in [6, 6.07) is 5.88. The Morgan fingerprint density at radius 3 is 2.48 bits per heavy atom. The summed E-state index contributed by atoms with van der Waals surface area (Å²) in [5, 5.41) is 2.73. The van der Waals surface area contributed by atoms with E-state index in [-0.39, 0.29) is 12.3 Å². The average molecular weight is 372 g/mol. The lowest BCUT2D eigenvalue weighted by Crippen LogP contribution is -2.27. The Kier molecular flexibility index (Phi) is 8.89. The van der Waals surface area contributed by atoms with E-state index < -0.39 is 5.91 Å². The molecule has 1 aliphatic rings. The largest absolute Gasteiger partial charge is 0.369 e. The third-order valence-corrected chi connectivity index (χ3v) is 4.89. The van der Waals surface area contributed by atoms with Crippen LogP contribution in [-0.2, 0) is 9.59 Å². The molecule has 0 saturated carbocycles. The Hall–Kier alpha value is -2.30. The van der Waals surface area contributed by atoms with Crippen molar-refractivity contribution in [1.82, 2.24) is 0 Å². The Bertz CT molecular complexity index is 655. The van der Waals surface area contributed by atoms with Crippen molar-refractivity contribution in [3.8, 4) is 0 Å². The number of nitrogens with two attached hydrogens (primary N) is 1. The number of amides is 2. The van der Waals surface area contributed by atoms with Gasteiger partial charge in [0.1, 0.15) is 6.42 Å². The summed E-state index contributed by atoms with van der Waals surface area (Å²) >= 11 is 0. The smallest absolute Gasteiger partial charge is 0.233 e. The summed E-state index contributed by atoms with van der Waals surface area (Å²) in [7, 11) is 0. The maximum absolute atomic E-state index is 11.7. The van der Waals surface area contributed by atoms with Crippen molar-refractivity contribution in [3.63, 3.8) is 0 Å². The first kappa shape index (κ1) is 21.0. The molecule has 1 aromatic carbocycles. The van der Waals surface area contributed by atoms with Crippen LogP contribution >= 0.6 is 0 Å². The minimum Gasteiger partial charge on any atom is -0.369 e. The topological polar surface area (TPSA) is 75.4 Å². The molecule has 0 spiro atoms. The van der Waals surface area contributed by atoms with E-state index in [0.717, 1.165) is 18.7 Å². The summed E-state index contributed by atoms with van der Waals surface area (Å²) in [5.74, 6) is -1.00. The molecule has 5 heteroatoms. The first-order valence-corrected chi connectivity index (χ1v) is 10.2. The van der Waals surface area contributed by atoms with Crippen molar-refractivity contribution in [3.05, 3.63) is 29.8 Å². The van der Waals surface area contributed by atoms with Crippen LogP contribution in [0.3, 0.4) is 0 Å². The molecule has 148 valence electrons. The molecule has 1 aromatic rings. The predicted molar refractivity (Wildman–Crippen MR) is 113 cm³/mol. The third-order valence-electron chi connectivity index (χ3n) is 4.89. The van der Waals surface area contributed by atoms with Gasteiger partial charge in [-0.25, -0.2) is 0 Å². The van der Waals surface area contributed by atoms with Crippen LogP contribution in [0.1, 0.15) is 70.3 Å². The van der Waals surface area contributed by atoms with Crippen molar-refractivity contribution in [1.29, 1.82) is 0 Å². The minimum atomic E-state index is -0.623. The lowest BCUT2D eigenvalue weighted by atomic mass is 10.0. The SMILES string of the molecule is CCCCCCCCCCN1CC=Cc2cc(NC(=O)CC(N)=O)ccc21. The van der Waals surface area contributed by atoms with E-state index in [4.69, 9.17) is 5.73 Å². The standard InChI is InChI=1S/C22H33N3O2/c1-2-3-4-5-6-7-8-9-14-25-15-10-11-18-16-19(12-13-20(18)25)24-22(27)17-21(23)26/h10-13,16H,2-9,14-15,17H2,1H3,(H2,23,26)(H,24,27). The Balaban J connectivity index is 1.79. The highest BCUT2D eigenvalue weighted by Gasteiger charge is 2.14. The molecule has 3 N–H and O–H groups in total. The van der Waals surface area contributed by atoms with Crippen LogP contribution in [0, 0.1) is 0 Å². The van der Waals surface area contributed by atoms with Crippen LogP contribution in [0.4, 0.5) is 11.4 Å². The van der Waals surface area contributed by atoms with Gasteiger partial charge in [0.15, 0.2) is 0 Å². The summed E-state index contributed by atoms with van der Waals surface area (Å²) < 4.78 is 0. The van der Waals surface area contributed by atoms with Gasteiger partial charge >= 0.3 is 0 Å². The number of carbonyl (C=O) groups is 2. The van der Waals surface area contributed by atoms with Gasteiger partial charge in [0.25, 0.3) is 0 Å². The molecule has 0 radical (unpaired) electrons. The van der Waals surface area contributed by atoms with Crippen LogP contribution in [-0.4, -0.2) is 24.9 Å². The second-order valence-corrected chi connectivity index (χ2v) is 7.29. The number of nitrogens with one attached hydrogen (secondary N) is 1. The van der Waals surface area contributed by atoms with Crippen molar-refractivity contribution in [2.75, 3.05) is 23.3 Å². The molecule has 27 heavy (non-hydrogen) atoms. The van der Waals surface area contributed by atoms with Gasteiger partial charge in [-0.3, -0.25) is 9.59 Å². The molecule has 0 aromatic heterocycles. The number of carbonyl (C=O) groups excluding carboxylic acids is 2. The number of unbranched alkanes of at least 4 members (excludes halogenated alkanes) is 7. The molecule has 5 nitrogen and oxygen atoms in total. The first-order valence-electron chi connectivity index (χ1n) is 10.2. The van der Waals surface area contributed by atoms with Crippen LogP contribution < -0.4 is 16.0 Å². The molecule has 0 saturated heterocycles.